The van der Waals surface area contributed by atoms with Gasteiger partial charge in [-0.15, -0.1) is 0 Å². The summed E-state index contributed by atoms with van der Waals surface area (Å²) in [5.41, 5.74) is 1.17. The third kappa shape index (κ3) is 2.42. The molecule has 0 spiro atoms. The van der Waals surface area contributed by atoms with Crippen LogP contribution in [-0.4, -0.2) is 10.3 Å². The fourth-order valence-electron chi connectivity index (χ4n) is 1.25. The number of rotatable bonds is 3. The number of thiazole rings is 1. The van der Waals surface area contributed by atoms with Gasteiger partial charge >= 0.3 is 4.87 Å². The number of aromatic nitrogens is 1. The van der Waals surface area contributed by atoms with Crippen LogP contribution in [0.25, 0.3) is 0 Å². The van der Waals surface area contributed by atoms with E-state index in [1.54, 1.807) is 0 Å². The van der Waals surface area contributed by atoms with E-state index in [2.05, 4.69) is 26.5 Å². The highest BCUT2D eigenvalue weighted by Crippen LogP contribution is 2.21. The molecule has 0 fully saturated rings. The standard InChI is InChI=1S/C10H17NOS2/c1-7-8(2)14-9(12)11(7)5-10(3,4)6-13/h13H,5-6H2,1-4H3. The van der Waals surface area contributed by atoms with Crippen molar-refractivity contribution in [1.29, 1.82) is 0 Å². The van der Waals surface area contributed by atoms with Gasteiger partial charge in [-0.2, -0.15) is 12.6 Å². The summed E-state index contributed by atoms with van der Waals surface area (Å²) in [7, 11) is 0. The summed E-state index contributed by atoms with van der Waals surface area (Å²) in [6, 6.07) is 0. The molecule has 80 valence electrons. The molecule has 0 saturated heterocycles. The molecule has 1 heterocycles. The zero-order valence-corrected chi connectivity index (χ0v) is 10.8. The average Bonchev–Trinajstić information content (AvgIpc) is 2.32. The summed E-state index contributed by atoms with van der Waals surface area (Å²) in [5, 5.41) is 0. The van der Waals surface area contributed by atoms with E-state index in [4.69, 9.17) is 0 Å². The molecule has 0 radical (unpaired) electrons. The molecule has 14 heavy (non-hydrogen) atoms. The fourth-order valence-corrected chi connectivity index (χ4v) is 2.18. The number of nitrogens with zero attached hydrogens (tertiary/aromatic N) is 1. The van der Waals surface area contributed by atoms with Gasteiger partial charge in [0.05, 0.1) is 0 Å². The SMILES string of the molecule is Cc1sc(=O)n(CC(C)(C)CS)c1C. The van der Waals surface area contributed by atoms with Gasteiger partial charge in [0.1, 0.15) is 0 Å². The Hall–Kier alpha value is -0.220. The first-order valence-electron chi connectivity index (χ1n) is 4.65. The first-order valence-corrected chi connectivity index (χ1v) is 6.10. The molecule has 0 bridgehead atoms. The van der Waals surface area contributed by atoms with Crippen molar-refractivity contribution in [3.63, 3.8) is 0 Å². The topological polar surface area (TPSA) is 22.0 Å². The van der Waals surface area contributed by atoms with Gasteiger partial charge in [0, 0.05) is 17.1 Å². The van der Waals surface area contributed by atoms with Crippen LogP contribution < -0.4 is 4.87 Å². The highest BCUT2D eigenvalue weighted by Gasteiger charge is 2.19. The van der Waals surface area contributed by atoms with Crippen LogP contribution in [0.1, 0.15) is 24.4 Å². The molecule has 1 rings (SSSR count). The second-order valence-corrected chi connectivity index (χ2v) is 5.90. The van der Waals surface area contributed by atoms with Gasteiger partial charge in [0.25, 0.3) is 0 Å². The number of hydrogen-bond acceptors (Lipinski definition) is 3. The molecule has 1 aromatic rings. The molecule has 0 aromatic carbocycles. The van der Waals surface area contributed by atoms with Crippen molar-refractivity contribution in [2.45, 2.75) is 34.2 Å². The van der Waals surface area contributed by atoms with E-state index in [1.165, 1.54) is 11.3 Å². The van der Waals surface area contributed by atoms with E-state index in [-0.39, 0.29) is 10.3 Å². The quantitative estimate of drug-likeness (QED) is 0.793. The van der Waals surface area contributed by atoms with E-state index in [9.17, 15) is 4.79 Å². The van der Waals surface area contributed by atoms with Gasteiger partial charge < -0.3 is 4.57 Å². The van der Waals surface area contributed by atoms with Crippen LogP contribution in [0.2, 0.25) is 0 Å². The first-order chi connectivity index (χ1) is 6.37. The van der Waals surface area contributed by atoms with E-state index in [0.29, 0.717) is 0 Å². The lowest BCUT2D eigenvalue weighted by atomic mass is 9.96. The maximum Gasteiger partial charge on any atom is 0.307 e. The van der Waals surface area contributed by atoms with Gasteiger partial charge in [-0.05, 0) is 25.0 Å². The van der Waals surface area contributed by atoms with E-state index in [1.807, 2.05) is 18.4 Å². The molecule has 4 heteroatoms. The lowest BCUT2D eigenvalue weighted by Crippen LogP contribution is -2.27. The molecule has 0 unspecified atom stereocenters. The average molecular weight is 231 g/mol. The Labute approximate surface area is 94.4 Å². The van der Waals surface area contributed by atoms with Gasteiger partial charge in [-0.1, -0.05) is 25.2 Å². The normalized spacial score (nSPS) is 12.1. The highest BCUT2D eigenvalue weighted by atomic mass is 32.1. The summed E-state index contributed by atoms with van der Waals surface area (Å²) >= 11 is 5.62. The van der Waals surface area contributed by atoms with Gasteiger partial charge in [-0.25, -0.2) is 0 Å². The van der Waals surface area contributed by atoms with E-state index in [0.717, 1.165) is 22.9 Å². The Kier molecular flexibility index (Phi) is 3.48. The van der Waals surface area contributed by atoms with Crippen LogP contribution in [-0.2, 0) is 6.54 Å². The Balaban J connectivity index is 3.03. The molecule has 0 saturated carbocycles. The smallest absolute Gasteiger partial charge is 0.303 e. The first kappa shape index (κ1) is 11.9. The molecule has 0 aliphatic carbocycles. The van der Waals surface area contributed by atoms with Gasteiger partial charge in [0.2, 0.25) is 0 Å². The second-order valence-electron chi connectivity index (χ2n) is 4.42. The maximum atomic E-state index is 11.6. The van der Waals surface area contributed by atoms with E-state index < -0.39 is 0 Å². The van der Waals surface area contributed by atoms with Crippen molar-refractivity contribution in [2.24, 2.45) is 5.41 Å². The zero-order valence-electron chi connectivity index (χ0n) is 9.13. The molecule has 0 atom stereocenters. The second kappa shape index (κ2) is 4.11. The molecule has 0 aliphatic rings. The minimum absolute atomic E-state index is 0.0746. The largest absolute Gasteiger partial charge is 0.307 e. The summed E-state index contributed by atoms with van der Waals surface area (Å²) < 4.78 is 1.86. The van der Waals surface area contributed by atoms with Crippen molar-refractivity contribution in [1.82, 2.24) is 4.57 Å². The number of hydrogen-bond donors (Lipinski definition) is 1. The lowest BCUT2D eigenvalue weighted by Gasteiger charge is -2.22. The number of thiol groups is 1. The van der Waals surface area contributed by atoms with Crippen LogP contribution in [0.3, 0.4) is 0 Å². The molecule has 0 N–H and O–H groups in total. The van der Waals surface area contributed by atoms with Crippen LogP contribution in [0.4, 0.5) is 0 Å². The Morgan fingerprint density at radius 1 is 1.43 bits per heavy atom. The minimum Gasteiger partial charge on any atom is -0.303 e. The molecule has 0 amide bonds. The minimum atomic E-state index is 0.0746. The Morgan fingerprint density at radius 3 is 2.36 bits per heavy atom. The van der Waals surface area contributed by atoms with Crippen molar-refractivity contribution in [2.75, 3.05) is 5.75 Å². The van der Waals surface area contributed by atoms with E-state index >= 15 is 0 Å². The third-order valence-corrected chi connectivity index (χ3v) is 4.24. The Morgan fingerprint density at radius 2 is 2.00 bits per heavy atom. The molecule has 1 aromatic heterocycles. The maximum absolute atomic E-state index is 11.6. The Bertz CT molecular complexity index is 376. The van der Waals surface area contributed by atoms with Crippen LogP contribution >= 0.6 is 24.0 Å². The summed E-state index contributed by atoms with van der Waals surface area (Å²) in [4.78, 5) is 12.9. The van der Waals surface area contributed by atoms with Gasteiger partial charge in [-0.3, -0.25) is 4.79 Å². The van der Waals surface area contributed by atoms with Crippen LogP contribution in [0, 0.1) is 19.3 Å². The molecule has 0 aliphatic heterocycles. The molecular formula is C10H17NOS2. The predicted molar refractivity (Wildman–Crippen MR) is 65.7 cm³/mol. The third-order valence-electron chi connectivity index (χ3n) is 2.39. The summed E-state index contributed by atoms with van der Waals surface area (Å²) in [6.07, 6.45) is 0. The monoisotopic (exact) mass is 231 g/mol. The number of aryl methyl sites for hydroxylation is 1. The van der Waals surface area contributed by atoms with Gasteiger partial charge in [0.15, 0.2) is 0 Å². The molecular weight excluding hydrogens is 214 g/mol. The fraction of sp³-hybridized carbons (Fsp3) is 0.700. The van der Waals surface area contributed by atoms with Crippen LogP contribution in [0.5, 0.6) is 0 Å². The van der Waals surface area contributed by atoms with Crippen molar-refractivity contribution in [3.05, 3.63) is 20.2 Å². The predicted octanol–water partition coefficient (Wildman–Crippen LogP) is 2.48. The van der Waals surface area contributed by atoms with Crippen molar-refractivity contribution >= 4 is 24.0 Å². The zero-order chi connectivity index (χ0) is 10.9. The molecule has 2 nitrogen and oxygen atoms in total. The summed E-state index contributed by atoms with van der Waals surface area (Å²) in [5.74, 6) is 0.785. The highest BCUT2D eigenvalue weighted by molar-refractivity contribution is 7.80. The van der Waals surface area contributed by atoms with Crippen molar-refractivity contribution < 1.29 is 0 Å². The lowest BCUT2D eigenvalue weighted by molar-refractivity contribution is 0.346. The van der Waals surface area contributed by atoms with Crippen LogP contribution in [0.15, 0.2) is 4.79 Å². The summed E-state index contributed by atoms with van der Waals surface area (Å²) in [6.45, 7) is 9.00. The van der Waals surface area contributed by atoms with Crippen molar-refractivity contribution in [3.8, 4) is 0 Å².